The first-order valence-corrected chi connectivity index (χ1v) is 6.82. The molecular weight excluding hydrogens is 264 g/mol. The maximum absolute atomic E-state index is 12.1. The molecule has 0 N–H and O–H groups in total. The number of rotatable bonds is 3. The number of nitrogens with zero attached hydrogens (tertiary/aromatic N) is 4. The van der Waals surface area contributed by atoms with Crippen molar-refractivity contribution < 1.29 is 9.59 Å². The lowest BCUT2D eigenvalue weighted by molar-refractivity contribution is -0.133. The Bertz CT molecular complexity index is 619. The number of hydrogen-bond donors (Lipinski definition) is 0. The summed E-state index contributed by atoms with van der Waals surface area (Å²) in [4.78, 5) is 25.8. The molecule has 0 aliphatic carbocycles. The number of carbonyl (C=O) groups excluding carboxylic acids is 2. The number of aromatic nitrogens is 3. The zero-order chi connectivity index (χ0) is 13.2. The van der Waals surface area contributed by atoms with Gasteiger partial charge in [0.15, 0.2) is 6.29 Å². The van der Waals surface area contributed by atoms with Crippen LogP contribution in [0.1, 0.15) is 20.9 Å². The van der Waals surface area contributed by atoms with E-state index in [1.165, 1.54) is 21.3 Å². The molecular formula is C12H12N4O2S. The second-order valence-corrected chi connectivity index (χ2v) is 5.39. The van der Waals surface area contributed by atoms with Gasteiger partial charge in [-0.05, 0) is 23.4 Å². The van der Waals surface area contributed by atoms with E-state index in [2.05, 4.69) is 21.8 Å². The molecule has 6 nitrogen and oxygen atoms in total. The van der Waals surface area contributed by atoms with Crippen molar-refractivity contribution in [2.75, 3.05) is 6.54 Å². The van der Waals surface area contributed by atoms with E-state index in [-0.39, 0.29) is 18.1 Å². The molecule has 0 atom stereocenters. The van der Waals surface area contributed by atoms with Crippen LogP contribution < -0.4 is 0 Å². The molecule has 0 spiro atoms. The van der Waals surface area contributed by atoms with Crippen LogP contribution in [0.5, 0.6) is 0 Å². The van der Waals surface area contributed by atoms with Gasteiger partial charge in [-0.15, -0.1) is 16.4 Å². The Morgan fingerprint density at radius 1 is 1.53 bits per heavy atom. The minimum Gasteiger partial charge on any atom is -0.336 e. The van der Waals surface area contributed by atoms with E-state index in [9.17, 15) is 9.59 Å². The van der Waals surface area contributed by atoms with Gasteiger partial charge in [0.1, 0.15) is 12.2 Å². The highest BCUT2D eigenvalue weighted by atomic mass is 32.1. The summed E-state index contributed by atoms with van der Waals surface area (Å²) in [5, 5.41) is 9.44. The van der Waals surface area contributed by atoms with E-state index < -0.39 is 0 Å². The van der Waals surface area contributed by atoms with E-state index in [1.54, 1.807) is 11.3 Å². The number of thiophene rings is 1. The molecule has 2 aromatic rings. The largest absolute Gasteiger partial charge is 0.336 e. The lowest BCUT2D eigenvalue weighted by Crippen LogP contribution is -2.37. The molecule has 1 aliphatic rings. The van der Waals surface area contributed by atoms with Gasteiger partial charge in [-0.25, -0.2) is 4.68 Å². The molecule has 0 saturated heterocycles. The van der Waals surface area contributed by atoms with Gasteiger partial charge in [-0.2, -0.15) is 0 Å². The summed E-state index contributed by atoms with van der Waals surface area (Å²) < 4.78 is 1.40. The number of amides is 1. The monoisotopic (exact) mass is 276 g/mol. The van der Waals surface area contributed by atoms with Gasteiger partial charge in [-0.3, -0.25) is 9.59 Å². The highest BCUT2D eigenvalue weighted by molar-refractivity contribution is 7.10. The van der Waals surface area contributed by atoms with Crippen LogP contribution in [0.4, 0.5) is 0 Å². The average molecular weight is 276 g/mol. The Kier molecular flexibility index (Phi) is 3.12. The first kappa shape index (κ1) is 12.0. The molecule has 0 bridgehead atoms. The first-order valence-electron chi connectivity index (χ1n) is 5.94. The lowest BCUT2D eigenvalue weighted by atomic mass is 10.1. The minimum absolute atomic E-state index is 0.000742. The van der Waals surface area contributed by atoms with Crippen molar-refractivity contribution in [1.82, 2.24) is 19.9 Å². The summed E-state index contributed by atoms with van der Waals surface area (Å²) in [5.41, 5.74) is 1.48. The van der Waals surface area contributed by atoms with Gasteiger partial charge < -0.3 is 4.90 Å². The molecule has 0 aromatic carbocycles. The molecule has 0 saturated carbocycles. The van der Waals surface area contributed by atoms with Crippen molar-refractivity contribution in [2.24, 2.45) is 0 Å². The number of fused-ring (bicyclic) bond motifs is 1. The van der Waals surface area contributed by atoms with Crippen molar-refractivity contribution in [3.8, 4) is 0 Å². The third-order valence-electron chi connectivity index (χ3n) is 3.13. The number of carbonyl (C=O) groups is 2. The van der Waals surface area contributed by atoms with Crippen molar-refractivity contribution >= 4 is 23.5 Å². The summed E-state index contributed by atoms with van der Waals surface area (Å²) in [6.07, 6.45) is 3.01. The van der Waals surface area contributed by atoms with E-state index in [4.69, 9.17) is 0 Å². The summed E-state index contributed by atoms with van der Waals surface area (Å²) in [5.74, 6) is -0.000742. The molecule has 0 radical (unpaired) electrons. The average Bonchev–Trinajstić information content (AvgIpc) is 3.05. The highest BCUT2D eigenvalue weighted by Crippen LogP contribution is 2.24. The summed E-state index contributed by atoms with van der Waals surface area (Å²) in [6, 6.07) is 2.07. The Balaban J connectivity index is 1.67. The molecule has 3 heterocycles. The Hall–Kier alpha value is -2.02. The van der Waals surface area contributed by atoms with Crippen molar-refractivity contribution in [2.45, 2.75) is 19.5 Å². The maximum Gasteiger partial charge on any atom is 0.244 e. The Morgan fingerprint density at radius 3 is 3.21 bits per heavy atom. The predicted molar refractivity (Wildman–Crippen MR) is 68.8 cm³/mol. The third kappa shape index (κ3) is 2.41. The van der Waals surface area contributed by atoms with Crippen LogP contribution in [0.25, 0.3) is 0 Å². The van der Waals surface area contributed by atoms with E-state index in [0.29, 0.717) is 12.8 Å². The number of hydrogen-bond acceptors (Lipinski definition) is 5. The van der Waals surface area contributed by atoms with Gasteiger partial charge in [0, 0.05) is 18.0 Å². The normalized spacial score (nSPS) is 14.2. The highest BCUT2D eigenvalue weighted by Gasteiger charge is 2.21. The third-order valence-corrected chi connectivity index (χ3v) is 4.16. The predicted octanol–water partition coefficient (Wildman–Crippen LogP) is 0.737. The van der Waals surface area contributed by atoms with E-state index in [1.807, 2.05) is 4.90 Å². The van der Waals surface area contributed by atoms with Gasteiger partial charge in [0.25, 0.3) is 0 Å². The standard InChI is InChI=1S/C12H12N4O2S/c17-8-10-6-16(14-13-10)7-12(18)15-3-1-11-9(5-15)2-4-19-11/h2,4,6,8H,1,3,5,7H2. The van der Waals surface area contributed by atoms with Crippen molar-refractivity contribution in [3.05, 3.63) is 33.8 Å². The van der Waals surface area contributed by atoms with E-state index >= 15 is 0 Å². The van der Waals surface area contributed by atoms with Crippen LogP contribution in [0, 0.1) is 0 Å². The second-order valence-electron chi connectivity index (χ2n) is 4.39. The van der Waals surface area contributed by atoms with Crippen LogP contribution in [0.15, 0.2) is 17.6 Å². The topological polar surface area (TPSA) is 68.1 Å². The molecule has 2 aromatic heterocycles. The van der Waals surface area contributed by atoms with E-state index in [0.717, 1.165) is 13.0 Å². The molecule has 1 aliphatic heterocycles. The molecule has 1 amide bonds. The van der Waals surface area contributed by atoms with Crippen LogP contribution in [0.2, 0.25) is 0 Å². The minimum atomic E-state index is -0.000742. The fourth-order valence-electron chi connectivity index (χ4n) is 2.14. The zero-order valence-corrected chi connectivity index (χ0v) is 11.0. The quantitative estimate of drug-likeness (QED) is 0.775. The van der Waals surface area contributed by atoms with Gasteiger partial charge >= 0.3 is 0 Å². The summed E-state index contributed by atoms with van der Waals surface area (Å²) in [7, 11) is 0. The zero-order valence-electron chi connectivity index (χ0n) is 10.2. The van der Waals surface area contributed by atoms with Crippen molar-refractivity contribution in [1.29, 1.82) is 0 Å². The molecule has 3 rings (SSSR count). The van der Waals surface area contributed by atoms with Crippen LogP contribution in [0.3, 0.4) is 0 Å². The van der Waals surface area contributed by atoms with Crippen LogP contribution in [-0.2, 0) is 24.3 Å². The Morgan fingerprint density at radius 2 is 2.42 bits per heavy atom. The molecule has 19 heavy (non-hydrogen) atoms. The first-order chi connectivity index (χ1) is 9.26. The molecule has 7 heteroatoms. The number of aldehydes is 1. The van der Waals surface area contributed by atoms with Crippen molar-refractivity contribution in [3.63, 3.8) is 0 Å². The molecule has 0 fully saturated rings. The maximum atomic E-state index is 12.1. The fraction of sp³-hybridized carbons (Fsp3) is 0.333. The van der Waals surface area contributed by atoms with Crippen LogP contribution in [-0.4, -0.2) is 38.6 Å². The lowest BCUT2D eigenvalue weighted by Gasteiger charge is -2.26. The van der Waals surface area contributed by atoms with Gasteiger partial charge in [-0.1, -0.05) is 5.21 Å². The van der Waals surface area contributed by atoms with Crippen LogP contribution >= 0.6 is 11.3 Å². The fourth-order valence-corrected chi connectivity index (χ4v) is 3.03. The summed E-state index contributed by atoms with van der Waals surface area (Å²) in [6.45, 7) is 1.52. The van der Waals surface area contributed by atoms with Gasteiger partial charge in [0.2, 0.25) is 5.91 Å². The second kappa shape index (κ2) is 4.93. The summed E-state index contributed by atoms with van der Waals surface area (Å²) >= 11 is 1.75. The SMILES string of the molecule is O=Cc1cn(CC(=O)N2CCc3sccc3C2)nn1. The van der Waals surface area contributed by atoms with Gasteiger partial charge in [0.05, 0.1) is 6.20 Å². The molecule has 98 valence electrons. The Labute approximate surface area is 113 Å². The molecule has 0 unspecified atom stereocenters. The smallest absolute Gasteiger partial charge is 0.244 e.